The number of fused-ring (bicyclic) bond motifs is 1. The van der Waals surface area contributed by atoms with Crippen molar-refractivity contribution in [2.24, 2.45) is 0 Å². The Hall–Kier alpha value is -2.39. The summed E-state index contributed by atoms with van der Waals surface area (Å²) in [5, 5.41) is 3.63. The second-order valence-corrected chi connectivity index (χ2v) is 11.9. The monoisotopic (exact) mass is 539 g/mol. The van der Waals surface area contributed by atoms with E-state index in [4.69, 9.17) is 9.72 Å². The molecule has 1 aromatic carbocycles. The highest BCUT2D eigenvalue weighted by Crippen LogP contribution is 2.39. The molecule has 2 aromatic rings. The zero-order valence-corrected chi connectivity index (χ0v) is 23.3. The lowest BCUT2D eigenvalue weighted by Gasteiger charge is -2.44. The van der Waals surface area contributed by atoms with Crippen molar-refractivity contribution >= 4 is 11.6 Å². The van der Waals surface area contributed by atoms with Crippen LogP contribution in [-0.4, -0.2) is 91.3 Å². The maximum atomic E-state index is 13.9. The molecule has 4 heterocycles. The highest BCUT2D eigenvalue weighted by molar-refractivity contribution is 5.97. The molecule has 2 fully saturated rings. The number of piperazine rings is 1. The second-order valence-electron chi connectivity index (χ2n) is 11.9. The van der Waals surface area contributed by atoms with Gasteiger partial charge in [-0.25, -0.2) is 4.39 Å². The molecule has 214 valence electrons. The Morgan fingerprint density at radius 3 is 2.69 bits per heavy atom. The zero-order chi connectivity index (χ0) is 26.9. The number of nitrogens with one attached hydrogen (secondary N) is 1. The maximum Gasteiger partial charge on any atom is 0.241 e. The number of carbonyl (C=O) groups excluding carboxylic acids is 1. The molecule has 3 atom stereocenters. The van der Waals surface area contributed by atoms with E-state index in [1.54, 1.807) is 12.1 Å². The molecule has 5 rings (SSSR count). The third kappa shape index (κ3) is 6.68. The Morgan fingerprint density at radius 2 is 1.95 bits per heavy atom. The third-order valence-electron chi connectivity index (χ3n) is 8.36. The fourth-order valence-corrected chi connectivity index (χ4v) is 6.18. The molecule has 8 heteroatoms. The van der Waals surface area contributed by atoms with E-state index in [1.165, 1.54) is 12.1 Å². The van der Waals surface area contributed by atoms with Crippen LogP contribution < -0.4 is 10.2 Å². The van der Waals surface area contributed by atoms with Crippen LogP contribution in [0.4, 0.5) is 10.1 Å². The molecule has 1 N–H and O–H groups in total. The zero-order valence-electron chi connectivity index (χ0n) is 23.3. The van der Waals surface area contributed by atoms with E-state index in [2.05, 4.69) is 48.9 Å². The molecule has 3 aliphatic rings. The Balaban J connectivity index is 0.00000353. The first kappa shape index (κ1) is 29.6. The molecule has 0 spiro atoms. The van der Waals surface area contributed by atoms with Crippen molar-refractivity contribution < 1.29 is 13.9 Å². The SMILES string of the molecule is C.CC[C@@H]1COCCN1C[C@H]1CN[C@H](C)CN1CC(=O)N1CC(C)(C)c2ncc(Cc3ccc(F)cc3)cc21. The van der Waals surface area contributed by atoms with Gasteiger partial charge in [-0.05, 0) is 49.1 Å². The second kappa shape index (κ2) is 12.4. The molecular formula is C31H46FN5O2. The van der Waals surface area contributed by atoms with E-state index in [0.717, 1.165) is 68.3 Å². The molecule has 0 bridgehead atoms. The minimum absolute atomic E-state index is 0. The lowest BCUT2D eigenvalue weighted by atomic mass is 9.91. The number of anilines is 1. The van der Waals surface area contributed by atoms with Crippen LogP contribution >= 0.6 is 0 Å². The van der Waals surface area contributed by atoms with E-state index in [9.17, 15) is 9.18 Å². The van der Waals surface area contributed by atoms with E-state index in [-0.39, 0.29) is 30.6 Å². The highest BCUT2D eigenvalue weighted by atomic mass is 19.1. The van der Waals surface area contributed by atoms with E-state index in [0.29, 0.717) is 31.6 Å². The number of halogens is 1. The minimum Gasteiger partial charge on any atom is -0.378 e. The summed E-state index contributed by atoms with van der Waals surface area (Å²) >= 11 is 0. The van der Waals surface area contributed by atoms with Gasteiger partial charge in [-0.15, -0.1) is 0 Å². The van der Waals surface area contributed by atoms with Crippen LogP contribution in [0.5, 0.6) is 0 Å². The van der Waals surface area contributed by atoms with Crippen molar-refractivity contribution in [3.63, 3.8) is 0 Å². The molecule has 1 amide bonds. The summed E-state index contributed by atoms with van der Waals surface area (Å²) in [6.45, 7) is 14.9. The quantitative estimate of drug-likeness (QED) is 0.577. The lowest BCUT2D eigenvalue weighted by Crippen LogP contribution is -2.62. The van der Waals surface area contributed by atoms with Crippen LogP contribution in [0.25, 0.3) is 0 Å². The van der Waals surface area contributed by atoms with Gasteiger partial charge in [0.25, 0.3) is 0 Å². The lowest BCUT2D eigenvalue weighted by molar-refractivity contribution is -0.121. The molecule has 7 nitrogen and oxygen atoms in total. The number of ether oxygens (including phenoxy) is 1. The van der Waals surface area contributed by atoms with Gasteiger partial charge < -0.3 is 15.0 Å². The van der Waals surface area contributed by atoms with Crippen LogP contribution in [0.2, 0.25) is 0 Å². The van der Waals surface area contributed by atoms with Gasteiger partial charge in [0.05, 0.1) is 31.1 Å². The molecule has 39 heavy (non-hydrogen) atoms. The van der Waals surface area contributed by atoms with Crippen molar-refractivity contribution in [3.05, 3.63) is 59.2 Å². The number of benzene rings is 1. The number of carbonyl (C=O) groups is 1. The number of hydrogen-bond donors (Lipinski definition) is 1. The van der Waals surface area contributed by atoms with Gasteiger partial charge in [-0.3, -0.25) is 19.6 Å². The smallest absolute Gasteiger partial charge is 0.241 e. The first-order valence-corrected chi connectivity index (χ1v) is 14.1. The van der Waals surface area contributed by atoms with Gasteiger partial charge in [-0.1, -0.05) is 40.3 Å². The summed E-state index contributed by atoms with van der Waals surface area (Å²) in [5.74, 6) is -0.107. The molecule has 0 unspecified atom stereocenters. The molecule has 3 aliphatic heterocycles. The predicted octanol–water partition coefficient (Wildman–Crippen LogP) is 3.84. The number of pyridine rings is 1. The van der Waals surface area contributed by atoms with Gasteiger partial charge in [0, 0.05) is 62.5 Å². The number of rotatable bonds is 7. The van der Waals surface area contributed by atoms with E-state index in [1.807, 2.05) is 11.1 Å². The Morgan fingerprint density at radius 1 is 1.18 bits per heavy atom. The number of hydrogen-bond acceptors (Lipinski definition) is 6. The van der Waals surface area contributed by atoms with Crippen molar-refractivity contribution in [2.45, 2.75) is 71.5 Å². The largest absolute Gasteiger partial charge is 0.378 e. The Kier molecular flexibility index (Phi) is 9.42. The summed E-state index contributed by atoms with van der Waals surface area (Å²) in [6.07, 6.45) is 3.62. The van der Waals surface area contributed by atoms with Gasteiger partial charge in [-0.2, -0.15) is 0 Å². The summed E-state index contributed by atoms with van der Waals surface area (Å²) in [7, 11) is 0. The highest BCUT2D eigenvalue weighted by Gasteiger charge is 2.41. The van der Waals surface area contributed by atoms with Crippen LogP contribution in [-0.2, 0) is 21.4 Å². The molecule has 1 aromatic heterocycles. The number of aromatic nitrogens is 1. The standard InChI is InChI=1S/C30H42FN5O2.CH4/c1-5-25-19-38-11-10-34(25)17-26-15-32-21(2)16-35(26)18-28(37)36-20-30(3,4)29-27(36)13-23(14-33-29)12-22-6-8-24(31)9-7-22;/h6-9,13-14,21,25-26,32H,5,10-12,15-20H2,1-4H3;1H4/t21-,25-,26-;/m1./s1. The molecule has 0 radical (unpaired) electrons. The summed E-state index contributed by atoms with van der Waals surface area (Å²) in [4.78, 5) is 25.6. The van der Waals surface area contributed by atoms with E-state index < -0.39 is 0 Å². The first-order valence-electron chi connectivity index (χ1n) is 14.1. The maximum absolute atomic E-state index is 13.9. The molecule has 0 aliphatic carbocycles. The predicted molar refractivity (Wildman–Crippen MR) is 155 cm³/mol. The average molecular weight is 540 g/mol. The van der Waals surface area contributed by atoms with Crippen LogP contribution in [0.3, 0.4) is 0 Å². The Labute approximate surface area is 233 Å². The third-order valence-corrected chi connectivity index (χ3v) is 8.36. The average Bonchev–Trinajstić information content (AvgIpc) is 3.17. The number of nitrogens with zero attached hydrogens (tertiary/aromatic N) is 4. The van der Waals surface area contributed by atoms with Crippen LogP contribution in [0.15, 0.2) is 36.5 Å². The van der Waals surface area contributed by atoms with Crippen molar-refractivity contribution in [2.75, 3.05) is 57.4 Å². The van der Waals surface area contributed by atoms with Crippen LogP contribution in [0, 0.1) is 5.82 Å². The molecule has 0 saturated carbocycles. The number of amides is 1. The fourth-order valence-electron chi connectivity index (χ4n) is 6.18. The molecule has 2 saturated heterocycles. The number of morpholine rings is 1. The summed E-state index contributed by atoms with van der Waals surface area (Å²) in [6, 6.07) is 9.75. The first-order chi connectivity index (χ1) is 18.2. The van der Waals surface area contributed by atoms with Crippen molar-refractivity contribution in [3.8, 4) is 0 Å². The van der Waals surface area contributed by atoms with Gasteiger partial charge in [0.15, 0.2) is 0 Å². The van der Waals surface area contributed by atoms with Gasteiger partial charge in [0.2, 0.25) is 5.91 Å². The summed E-state index contributed by atoms with van der Waals surface area (Å²) in [5.41, 5.74) is 3.72. The van der Waals surface area contributed by atoms with E-state index >= 15 is 0 Å². The normalized spacial score (nSPS) is 25.3. The van der Waals surface area contributed by atoms with Crippen LogP contribution in [0.1, 0.15) is 58.4 Å². The topological polar surface area (TPSA) is 60.9 Å². The van der Waals surface area contributed by atoms with Gasteiger partial charge in [0.1, 0.15) is 5.82 Å². The Bertz CT molecular complexity index is 1120. The fraction of sp³-hybridized carbons (Fsp3) is 0.613. The van der Waals surface area contributed by atoms with Crippen molar-refractivity contribution in [1.82, 2.24) is 20.1 Å². The molecular weight excluding hydrogens is 493 g/mol. The van der Waals surface area contributed by atoms with Crippen molar-refractivity contribution in [1.29, 1.82) is 0 Å². The summed E-state index contributed by atoms with van der Waals surface area (Å²) < 4.78 is 19.1. The van der Waals surface area contributed by atoms with Gasteiger partial charge >= 0.3 is 0 Å². The minimum atomic E-state index is -0.237.